The minimum atomic E-state index is 0.0863. The van der Waals surface area contributed by atoms with Crippen LogP contribution in [0.25, 0.3) is 16.5 Å². The van der Waals surface area contributed by atoms with Gasteiger partial charge in [0.2, 0.25) is 0 Å². The van der Waals surface area contributed by atoms with E-state index >= 15 is 0 Å². The summed E-state index contributed by atoms with van der Waals surface area (Å²) in [5.74, 6) is 0.382. The lowest BCUT2D eigenvalue weighted by Crippen LogP contribution is -2.35. The van der Waals surface area contributed by atoms with Crippen molar-refractivity contribution in [3.8, 4) is 5.69 Å². The zero-order valence-corrected chi connectivity index (χ0v) is 15.3. The van der Waals surface area contributed by atoms with Gasteiger partial charge in [-0.2, -0.15) is 0 Å². The number of aromatic nitrogens is 2. The van der Waals surface area contributed by atoms with Crippen LogP contribution in [0, 0.1) is 5.41 Å². The third kappa shape index (κ3) is 1.60. The molecule has 3 nitrogen and oxygen atoms in total. The molecule has 5 rings (SSSR count). The zero-order chi connectivity index (χ0) is 17.6. The summed E-state index contributed by atoms with van der Waals surface area (Å²) in [7, 11) is 2.05. The third-order valence-corrected chi connectivity index (χ3v) is 7.38. The topological polar surface area (TPSA) is 26.9 Å². The molecular formula is C22H24N2O. The van der Waals surface area contributed by atoms with Crippen molar-refractivity contribution in [3.63, 3.8) is 0 Å². The number of hydrogen-bond acceptors (Lipinski definition) is 1. The molecule has 128 valence electrons. The summed E-state index contributed by atoms with van der Waals surface area (Å²) in [6.45, 7) is 7.03. The van der Waals surface area contributed by atoms with Crippen molar-refractivity contribution in [1.29, 1.82) is 0 Å². The maximum absolute atomic E-state index is 13.4. The van der Waals surface area contributed by atoms with E-state index in [2.05, 4.69) is 62.8 Å². The molecule has 0 aliphatic heterocycles. The molecule has 0 radical (unpaired) electrons. The molecule has 1 heterocycles. The minimum absolute atomic E-state index is 0.0863. The maximum atomic E-state index is 13.4. The van der Waals surface area contributed by atoms with E-state index in [4.69, 9.17) is 0 Å². The van der Waals surface area contributed by atoms with Crippen molar-refractivity contribution in [1.82, 2.24) is 9.36 Å². The van der Waals surface area contributed by atoms with Crippen molar-refractivity contribution in [2.45, 2.75) is 44.9 Å². The molecule has 1 fully saturated rings. The van der Waals surface area contributed by atoms with Gasteiger partial charge in [-0.3, -0.25) is 9.48 Å². The summed E-state index contributed by atoms with van der Waals surface area (Å²) in [5.41, 5.74) is 3.71. The zero-order valence-electron chi connectivity index (χ0n) is 15.3. The largest absolute Gasteiger partial charge is 0.284 e. The molecule has 0 saturated heterocycles. The second-order valence-corrected chi connectivity index (χ2v) is 8.58. The van der Waals surface area contributed by atoms with Crippen molar-refractivity contribution < 1.29 is 0 Å². The smallest absolute Gasteiger partial charge is 0.275 e. The highest BCUT2D eigenvalue weighted by Crippen LogP contribution is 2.66. The first kappa shape index (κ1) is 15.0. The van der Waals surface area contributed by atoms with Crippen molar-refractivity contribution in [2.24, 2.45) is 12.5 Å². The molecule has 1 aromatic heterocycles. The van der Waals surface area contributed by atoms with E-state index in [1.807, 2.05) is 16.8 Å². The predicted molar refractivity (Wildman–Crippen MR) is 102 cm³/mol. The summed E-state index contributed by atoms with van der Waals surface area (Å²) >= 11 is 0. The molecule has 1 saturated carbocycles. The number of rotatable bonds is 1. The Morgan fingerprint density at radius 2 is 1.76 bits per heavy atom. The van der Waals surface area contributed by atoms with Crippen LogP contribution in [-0.4, -0.2) is 9.36 Å². The Morgan fingerprint density at radius 3 is 2.48 bits per heavy atom. The van der Waals surface area contributed by atoms with Gasteiger partial charge in [-0.25, -0.2) is 4.68 Å². The monoisotopic (exact) mass is 332 g/mol. The van der Waals surface area contributed by atoms with Crippen molar-refractivity contribution >= 4 is 10.8 Å². The van der Waals surface area contributed by atoms with Crippen LogP contribution in [-0.2, 0) is 12.5 Å². The average Bonchev–Trinajstić information content (AvgIpc) is 3.06. The van der Waals surface area contributed by atoms with Crippen LogP contribution in [0.3, 0.4) is 0 Å². The van der Waals surface area contributed by atoms with Crippen LogP contribution in [0.15, 0.2) is 47.3 Å². The normalized spacial score (nSPS) is 26.3. The Bertz CT molecular complexity index is 1090. The van der Waals surface area contributed by atoms with E-state index < -0.39 is 0 Å². The SMILES string of the molecule is Cn1c2c(c(=O)n1-c1ccc3ccccc3c1)C1CC[C@]2(C)C1(C)C. The quantitative estimate of drug-likeness (QED) is 0.644. The van der Waals surface area contributed by atoms with Gasteiger partial charge in [-0.15, -0.1) is 0 Å². The van der Waals surface area contributed by atoms with Gasteiger partial charge in [0.15, 0.2) is 0 Å². The molecule has 3 heteroatoms. The predicted octanol–water partition coefficient (Wildman–Crippen LogP) is 4.50. The van der Waals surface area contributed by atoms with Crippen LogP contribution in [0.1, 0.15) is 50.8 Å². The Balaban J connectivity index is 1.79. The summed E-state index contributed by atoms with van der Waals surface area (Å²) in [6, 6.07) is 14.6. The Morgan fingerprint density at radius 1 is 1.04 bits per heavy atom. The molecule has 2 aromatic carbocycles. The highest BCUT2D eigenvalue weighted by molar-refractivity contribution is 5.84. The van der Waals surface area contributed by atoms with Gasteiger partial charge in [0.25, 0.3) is 5.56 Å². The maximum Gasteiger partial charge on any atom is 0.275 e. The Hall–Kier alpha value is -2.29. The fraction of sp³-hybridized carbons (Fsp3) is 0.409. The number of hydrogen-bond donors (Lipinski definition) is 0. The second kappa shape index (κ2) is 4.46. The minimum Gasteiger partial charge on any atom is -0.284 e. The van der Waals surface area contributed by atoms with E-state index in [0.29, 0.717) is 5.92 Å². The summed E-state index contributed by atoms with van der Waals surface area (Å²) in [6.07, 6.45) is 2.31. The lowest BCUT2D eigenvalue weighted by Gasteiger charge is -2.36. The van der Waals surface area contributed by atoms with E-state index in [9.17, 15) is 4.79 Å². The molecule has 2 bridgehead atoms. The Labute approximate surface area is 147 Å². The fourth-order valence-corrected chi connectivity index (χ4v) is 5.62. The molecule has 0 spiro atoms. The van der Waals surface area contributed by atoms with Crippen molar-refractivity contribution in [2.75, 3.05) is 0 Å². The van der Waals surface area contributed by atoms with E-state index in [1.54, 1.807) is 0 Å². The molecule has 2 aliphatic carbocycles. The molecule has 2 atom stereocenters. The molecule has 25 heavy (non-hydrogen) atoms. The van der Waals surface area contributed by atoms with E-state index in [1.165, 1.54) is 22.9 Å². The highest BCUT2D eigenvalue weighted by atomic mass is 16.1. The van der Waals surface area contributed by atoms with Crippen LogP contribution in [0.2, 0.25) is 0 Å². The van der Waals surface area contributed by atoms with Gasteiger partial charge in [0.1, 0.15) is 0 Å². The average molecular weight is 332 g/mol. The molecule has 1 unspecified atom stereocenters. The van der Waals surface area contributed by atoms with Gasteiger partial charge >= 0.3 is 0 Å². The second-order valence-electron chi connectivity index (χ2n) is 8.58. The molecule has 2 aliphatic rings. The van der Waals surface area contributed by atoms with Crippen LogP contribution in [0.5, 0.6) is 0 Å². The Kier molecular flexibility index (Phi) is 2.67. The van der Waals surface area contributed by atoms with Gasteiger partial charge in [-0.05, 0) is 47.1 Å². The van der Waals surface area contributed by atoms with E-state index in [0.717, 1.165) is 17.7 Å². The molecule has 3 aromatic rings. The first-order valence-corrected chi connectivity index (χ1v) is 9.18. The lowest BCUT2D eigenvalue weighted by atomic mass is 9.70. The molecule has 0 amide bonds. The number of nitrogens with zero attached hydrogens (tertiary/aromatic N) is 2. The standard InChI is InChI=1S/C22H24N2O/c1-21(2)17-11-12-22(21,3)19-18(17)20(25)24(23(19)4)16-10-9-14-7-5-6-8-15(14)13-16/h5-10,13,17H,11-12H2,1-4H3/t17?,22-/m0/s1. The summed E-state index contributed by atoms with van der Waals surface area (Å²) < 4.78 is 4.01. The van der Waals surface area contributed by atoms with Crippen LogP contribution < -0.4 is 5.56 Å². The van der Waals surface area contributed by atoms with Crippen LogP contribution in [0.4, 0.5) is 0 Å². The summed E-state index contributed by atoms with van der Waals surface area (Å²) in [4.78, 5) is 13.4. The molecular weight excluding hydrogens is 308 g/mol. The fourth-order valence-electron chi connectivity index (χ4n) is 5.62. The number of fused-ring (bicyclic) bond motifs is 6. The number of benzene rings is 2. The van der Waals surface area contributed by atoms with Gasteiger partial charge in [0, 0.05) is 18.0 Å². The van der Waals surface area contributed by atoms with E-state index in [-0.39, 0.29) is 16.4 Å². The lowest BCUT2D eigenvalue weighted by molar-refractivity contribution is 0.218. The molecule has 0 N–H and O–H groups in total. The third-order valence-electron chi connectivity index (χ3n) is 7.38. The highest BCUT2D eigenvalue weighted by Gasteiger charge is 2.62. The first-order valence-electron chi connectivity index (χ1n) is 9.18. The van der Waals surface area contributed by atoms with Crippen LogP contribution >= 0.6 is 0 Å². The first-order chi connectivity index (χ1) is 11.9. The van der Waals surface area contributed by atoms with Gasteiger partial charge in [0.05, 0.1) is 11.4 Å². The van der Waals surface area contributed by atoms with Crippen molar-refractivity contribution in [3.05, 3.63) is 64.1 Å². The van der Waals surface area contributed by atoms with Gasteiger partial charge in [-0.1, -0.05) is 51.1 Å². The summed E-state index contributed by atoms with van der Waals surface area (Å²) in [5, 5.41) is 2.37. The van der Waals surface area contributed by atoms with Gasteiger partial charge < -0.3 is 0 Å².